The summed E-state index contributed by atoms with van der Waals surface area (Å²) < 4.78 is 29.9. The molecule has 1 aliphatic heterocycles. The first-order chi connectivity index (χ1) is 13.3. The van der Waals surface area contributed by atoms with Crippen molar-refractivity contribution in [2.24, 2.45) is 0 Å². The van der Waals surface area contributed by atoms with Crippen molar-refractivity contribution in [3.63, 3.8) is 0 Å². The number of rotatable bonds is 5. The lowest BCUT2D eigenvalue weighted by Gasteiger charge is -2.29. The molecule has 1 atom stereocenters. The zero-order valence-electron chi connectivity index (χ0n) is 14.9. The lowest BCUT2D eigenvalue weighted by Crippen LogP contribution is -2.48. The van der Waals surface area contributed by atoms with Gasteiger partial charge in [-0.05, 0) is 67.3 Å². The molecular formula is C19H19Br2ClN2O3S. The molecule has 5 nitrogen and oxygen atoms in total. The maximum Gasteiger partial charge on any atom is 0.244 e. The fourth-order valence-corrected chi connectivity index (χ4v) is 6.31. The van der Waals surface area contributed by atoms with Crippen LogP contribution in [0.4, 0.5) is 0 Å². The Morgan fingerprint density at radius 1 is 1.07 bits per heavy atom. The van der Waals surface area contributed by atoms with Crippen LogP contribution in [-0.4, -0.2) is 31.2 Å². The van der Waals surface area contributed by atoms with Crippen LogP contribution in [0.15, 0.2) is 56.3 Å². The summed E-state index contributed by atoms with van der Waals surface area (Å²) in [4.78, 5) is 12.8. The number of halogens is 3. The van der Waals surface area contributed by atoms with Gasteiger partial charge in [-0.3, -0.25) is 4.79 Å². The maximum atomic E-state index is 13.5. The van der Waals surface area contributed by atoms with E-state index in [9.17, 15) is 13.2 Å². The van der Waals surface area contributed by atoms with Crippen molar-refractivity contribution < 1.29 is 13.2 Å². The molecule has 0 aliphatic carbocycles. The largest absolute Gasteiger partial charge is 0.355 e. The van der Waals surface area contributed by atoms with Crippen LogP contribution in [0.2, 0.25) is 5.02 Å². The first-order valence-electron chi connectivity index (χ1n) is 8.77. The van der Waals surface area contributed by atoms with E-state index in [4.69, 9.17) is 11.6 Å². The Labute approximate surface area is 186 Å². The van der Waals surface area contributed by atoms with E-state index in [1.165, 1.54) is 28.6 Å². The van der Waals surface area contributed by atoms with Gasteiger partial charge in [0.25, 0.3) is 0 Å². The zero-order chi connectivity index (χ0) is 20.3. The van der Waals surface area contributed by atoms with Gasteiger partial charge < -0.3 is 5.32 Å². The summed E-state index contributed by atoms with van der Waals surface area (Å²) in [6.07, 6.45) is 2.09. The third-order valence-electron chi connectivity index (χ3n) is 4.53. The van der Waals surface area contributed by atoms with E-state index < -0.39 is 16.1 Å². The van der Waals surface area contributed by atoms with Crippen LogP contribution in [0.3, 0.4) is 0 Å². The van der Waals surface area contributed by atoms with E-state index >= 15 is 0 Å². The second-order valence-electron chi connectivity index (χ2n) is 6.58. The summed E-state index contributed by atoms with van der Waals surface area (Å²) in [7, 11) is -3.91. The average Bonchev–Trinajstić information content (AvgIpc) is 2.83. The summed E-state index contributed by atoms with van der Waals surface area (Å²) in [6.45, 7) is 0.647. The molecule has 0 aromatic heterocycles. The molecule has 0 bridgehead atoms. The van der Waals surface area contributed by atoms with Crippen molar-refractivity contribution in [1.82, 2.24) is 9.62 Å². The number of benzene rings is 2. The minimum atomic E-state index is -3.91. The molecule has 0 radical (unpaired) electrons. The standard InChI is InChI=1S/C19H19Br2ClN2O3S/c20-14-9-13(10-15(21)11-14)12-24(18-3-1-2-8-23-19(18)25)28(26,27)17-6-4-16(22)5-7-17/h4-7,9-11,18H,1-3,8,12H2,(H,23,25). The van der Waals surface area contributed by atoms with Gasteiger partial charge in [-0.15, -0.1) is 0 Å². The molecule has 2 aromatic carbocycles. The third-order valence-corrected chi connectivity index (χ3v) is 7.57. The molecule has 0 spiro atoms. The summed E-state index contributed by atoms with van der Waals surface area (Å²) in [5.41, 5.74) is 0.774. The lowest BCUT2D eigenvalue weighted by molar-refractivity contribution is -0.124. The van der Waals surface area contributed by atoms with Crippen LogP contribution in [0, 0.1) is 0 Å². The molecule has 28 heavy (non-hydrogen) atoms. The molecule has 1 aliphatic rings. The van der Waals surface area contributed by atoms with Crippen LogP contribution in [-0.2, 0) is 21.4 Å². The Morgan fingerprint density at radius 2 is 1.71 bits per heavy atom. The van der Waals surface area contributed by atoms with E-state index in [-0.39, 0.29) is 17.3 Å². The van der Waals surface area contributed by atoms with Crippen LogP contribution in [0.1, 0.15) is 24.8 Å². The summed E-state index contributed by atoms with van der Waals surface area (Å²) >= 11 is 12.8. The highest BCUT2D eigenvalue weighted by molar-refractivity contribution is 9.11. The maximum absolute atomic E-state index is 13.5. The Balaban J connectivity index is 2.04. The normalized spacial score (nSPS) is 18.0. The number of nitrogens with one attached hydrogen (secondary N) is 1. The van der Waals surface area contributed by atoms with Gasteiger partial charge in [-0.25, -0.2) is 8.42 Å². The molecular weight excluding hydrogens is 532 g/mol. The first kappa shape index (κ1) is 21.8. The number of carbonyl (C=O) groups excluding carboxylic acids is 1. The molecule has 1 heterocycles. The molecule has 1 fully saturated rings. The molecule has 9 heteroatoms. The molecule has 1 unspecified atom stereocenters. The topological polar surface area (TPSA) is 66.5 Å². The van der Waals surface area contributed by atoms with Gasteiger partial charge in [0, 0.05) is 27.1 Å². The van der Waals surface area contributed by atoms with Crippen LogP contribution >= 0.6 is 43.5 Å². The molecule has 2 aromatic rings. The number of nitrogens with zero attached hydrogens (tertiary/aromatic N) is 1. The summed E-state index contributed by atoms with van der Waals surface area (Å²) in [5, 5.41) is 3.28. The monoisotopic (exact) mass is 548 g/mol. The van der Waals surface area contributed by atoms with E-state index in [0.717, 1.165) is 27.4 Å². The van der Waals surface area contributed by atoms with Gasteiger partial charge in [-0.1, -0.05) is 43.5 Å². The van der Waals surface area contributed by atoms with Crippen molar-refractivity contribution >= 4 is 59.4 Å². The smallest absolute Gasteiger partial charge is 0.244 e. The van der Waals surface area contributed by atoms with Crippen molar-refractivity contribution in [2.45, 2.75) is 36.7 Å². The van der Waals surface area contributed by atoms with Crippen molar-refractivity contribution in [2.75, 3.05) is 6.54 Å². The fraction of sp³-hybridized carbons (Fsp3) is 0.316. The van der Waals surface area contributed by atoms with Gasteiger partial charge in [0.2, 0.25) is 15.9 Å². The second kappa shape index (κ2) is 9.26. The predicted octanol–water partition coefficient (Wildman–Crippen LogP) is 4.72. The quantitative estimate of drug-likeness (QED) is 0.586. The Hall–Kier alpha value is -0.930. The SMILES string of the molecule is O=C1NCCCCC1N(Cc1cc(Br)cc(Br)c1)S(=O)(=O)c1ccc(Cl)cc1. The highest BCUT2D eigenvalue weighted by Gasteiger charge is 2.36. The lowest BCUT2D eigenvalue weighted by atomic mass is 10.1. The Bertz CT molecular complexity index is 947. The summed E-state index contributed by atoms with van der Waals surface area (Å²) in [6, 6.07) is 10.8. The van der Waals surface area contributed by atoms with Gasteiger partial charge in [-0.2, -0.15) is 4.31 Å². The minimum Gasteiger partial charge on any atom is -0.355 e. The number of carbonyl (C=O) groups is 1. The third kappa shape index (κ3) is 5.16. The van der Waals surface area contributed by atoms with E-state index in [2.05, 4.69) is 37.2 Å². The molecule has 1 saturated heterocycles. The highest BCUT2D eigenvalue weighted by Crippen LogP contribution is 2.28. The first-order valence-corrected chi connectivity index (χ1v) is 12.2. The van der Waals surface area contributed by atoms with Gasteiger partial charge in [0.1, 0.15) is 6.04 Å². The molecule has 1 N–H and O–H groups in total. The van der Waals surface area contributed by atoms with Crippen LogP contribution < -0.4 is 5.32 Å². The highest BCUT2D eigenvalue weighted by atomic mass is 79.9. The van der Waals surface area contributed by atoms with Crippen molar-refractivity contribution in [3.05, 3.63) is 62.0 Å². The summed E-state index contributed by atoms with van der Waals surface area (Å²) in [5.74, 6) is -0.260. The number of hydrogen-bond acceptors (Lipinski definition) is 3. The average molecular weight is 551 g/mol. The Kier molecular flexibility index (Phi) is 7.20. The van der Waals surface area contributed by atoms with Crippen molar-refractivity contribution in [3.8, 4) is 0 Å². The number of sulfonamides is 1. The second-order valence-corrected chi connectivity index (χ2v) is 10.7. The van der Waals surface area contributed by atoms with E-state index in [1.54, 1.807) is 0 Å². The molecule has 150 valence electrons. The van der Waals surface area contributed by atoms with Crippen molar-refractivity contribution in [1.29, 1.82) is 0 Å². The van der Waals surface area contributed by atoms with E-state index in [1.807, 2.05) is 18.2 Å². The molecule has 1 amide bonds. The van der Waals surface area contributed by atoms with E-state index in [0.29, 0.717) is 18.0 Å². The minimum absolute atomic E-state index is 0.0844. The van der Waals surface area contributed by atoms with Gasteiger partial charge in [0.05, 0.1) is 4.90 Å². The predicted molar refractivity (Wildman–Crippen MR) is 117 cm³/mol. The molecule has 0 saturated carbocycles. The van der Waals surface area contributed by atoms with Crippen LogP contribution in [0.25, 0.3) is 0 Å². The number of amides is 1. The van der Waals surface area contributed by atoms with Gasteiger partial charge >= 0.3 is 0 Å². The van der Waals surface area contributed by atoms with Gasteiger partial charge in [0.15, 0.2) is 0 Å². The molecule has 3 rings (SSSR count). The zero-order valence-corrected chi connectivity index (χ0v) is 19.6. The fourth-order valence-electron chi connectivity index (χ4n) is 3.18. The number of hydrogen-bond donors (Lipinski definition) is 1. The Morgan fingerprint density at radius 3 is 2.36 bits per heavy atom. The van der Waals surface area contributed by atoms with Crippen LogP contribution in [0.5, 0.6) is 0 Å².